The first-order valence-electron chi connectivity index (χ1n) is 8.18. The van der Waals surface area contributed by atoms with Crippen LogP contribution in [0.1, 0.15) is 36.4 Å². The number of carbonyl (C=O) groups excluding carboxylic acids is 1. The summed E-state index contributed by atoms with van der Waals surface area (Å²) in [5.41, 5.74) is 2.85. The van der Waals surface area contributed by atoms with Crippen molar-refractivity contribution in [3.05, 3.63) is 52.7 Å². The van der Waals surface area contributed by atoms with Gasteiger partial charge in [0.2, 0.25) is 0 Å². The fraction of sp³-hybridized carbons (Fsp3) is 0.368. The Morgan fingerprint density at radius 3 is 2.75 bits per heavy atom. The molecule has 0 bridgehead atoms. The summed E-state index contributed by atoms with van der Waals surface area (Å²) in [6.45, 7) is 4.76. The first kappa shape index (κ1) is 16.7. The van der Waals surface area contributed by atoms with E-state index in [2.05, 4.69) is 19.1 Å². The molecule has 0 fully saturated rings. The zero-order valence-electron chi connectivity index (χ0n) is 14.3. The third-order valence-corrected chi connectivity index (χ3v) is 5.72. The highest BCUT2D eigenvalue weighted by atomic mass is 32.1. The first-order valence-corrected chi connectivity index (χ1v) is 9.00. The smallest absolute Gasteiger partial charge is 0.253 e. The molecule has 0 aliphatic carbocycles. The number of amides is 1. The number of rotatable bonds is 4. The van der Waals surface area contributed by atoms with Gasteiger partial charge in [0.05, 0.1) is 35.1 Å². The van der Waals surface area contributed by atoms with Gasteiger partial charge in [-0.2, -0.15) is 0 Å². The Kier molecular flexibility index (Phi) is 5.00. The lowest BCUT2D eigenvalue weighted by Gasteiger charge is -2.26. The van der Waals surface area contributed by atoms with E-state index in [4.69, 9.17) is 9.72 Å². The molecule has 5 heteroatoms. The van der Waals surface area contributed by atoms with E-state index in [0.717, 1.165) is 39.6 Å². The second-order valence-corrected chi connectivity index (χ2v) is 7.07. The van der Waals surface area contributed by atoms with Gasteiger partial charge in [-0.1, -0.05) is 30.3 Å². The van der Waals surface area contributed by atoms with Crippen molar-refractivity contribution >= 4 is 17.2 Å². The topological polar surface area (TPSA) is 42.4 Å². The summed E-state index contributed by atoms with van der Waals surface area (Å²) in [5, 5.41) is 0.996. The SMILES string of the molecule is Cc1nc(-c2ccccc2)sc1[C@H](C)N(C)C(=O)C1=COCCC1. The van der Waals surface area contributed by atoms with Gasteiger partial charge in [0, 0.05) is 12.6 Å². The van der Waals surface area contributed by atoms with Gasteiger partial charge >= 0.3 is 0 Å². The third kappa shape index (κ3) is 3.36. The normalized spacial score (nSPS) is 15.4. The van der Waals surface area contributed by atoms with E-state index in [1.54, 1.807) is 22.5 Å². The van der Waals surface area contributed by atoms with Crippen LogP contribution in [0, 0.1) is 6.92 Å². The number of carbonyl (C=O) groups is 1. The predicted molar refractivity (Wildman–Crippen MR) is 96.7 cm³/mol. The van der Waals surface area contributed by atoms with E-state index in [1.807, 2.05) is 32.2 Å². The highest BCUT2D eigenvalue weighted by Gasteiger charge is 2.25. The maximum Gasteiger partial charge on any atom is 0.253 e. The largest absolute Gasteiger partial charge is 0.501 e. The van der Waals surface area contributed by atoms with Crippen LogP contribution < -0.4 is 0 Å². The zero-order chi connectivity index (χ0) is 17.1. The second-order valence-electron chi connectivity index (χ2n) is 6.04. The number of hydrogen-bond donors (Lipinski definition) is 0. The fourth-order valence-electron chi connectivity index (χ4n) is 2.80. The molecule has 1 aromatic heterocycles. The molecule has 1 aromatic carbocycles. The van der Waals surface area contributed by atoms with Crippen LogP contribution in [-0.4, -0.2) is 29.4 Å². The van der Waals surface area contributed by atoms with Crippen molar-refractivity contribution in [3.8, 4) is 10.6 Å². The maximum absolute atomic E-state index is 12.7. The molecule has 1 aliphatic rings. The van der Waals surface area contributed by atoms with Crippen LogP contribution in [0.3, 0.4) is 0 Å². The third-order valence-electron chi connectivity index (χ3n) is 4.34. The number of likely N-dealkylation sites (N-methyl/N-ethyl adjacent to an activating group) is 1. The Bertz CT molecular complexity index is 752. The van der Waals surface area contributed by atoms with Crippen molar-refractivity contribution in [3.63, 3.8) is 0 Å². The molecule has 126 valence electrons. The molecule has 2 aromatic rings. The maximum atomic E-state index is 12.7. The summed E-state index contributed by atoms with van der Waals surface area (Å²) in [5.74, 6) is 0.0382. The average Bonchev–Trinajstić information content (AvgIpc) is 3.03. The van der Waals surface area contributed by atoms with Gasteiger partial charge in [-0.15, -0.1) is 11.3 Å². The zero-order valence-corrected chi connectivity index (χ0v) is 15.1. The Morgan fingerprint density at radius 1 is 1.33 bits per heavy atom. The monoisotopic (exact) mass is 342 g/mol. The predicted octanol–water partition coefficient (Wildman–Crippen LogP) is 4.33. The number of ether oxygens (including phenoxy) is 1. The Hall–Kier alpha value is -2.14. The number of thiazole rings is 1. The van der Waals surface area contributed by atoms with Crippen molar-refractivity contribution in [2.24, 2.45) is 0 Å². The van der Waals surface area contributed by atoms with E-state index in [9.17, 15) is 4.79 Å². The number of hydrogen-bond acceptors (Lipinski definition) is 4. The molecule has 0 saturated carbocycles. The van der Waals surface area contributed by atoms with E-state index in [0.29, 0.717) is 6.61 Å². The average molecular weight is 342 g/mol. The fourth-order valence-corrected chi connectivity index (χ4v) is 3.97. The van der Waals surface area contributed by atoms with Gasteiger partial charge in [-0.05, 0) is 26.7 Å². The summed E-state index contributed by atoms with van der Waals surface area (Å²) in [6, 6.07) is 10.1. The van der Waals surface area contributed by atoms with Gasteiger partial charge in [0.25, 0.3) is 5.91 Å². The molecule has 1 atom stereocenters. The van der Waals surface area contributed by atoms with Crippen LogP contribution in [0.2, 0.25) is 0 Å². The van der Waals surface area contributed by atoms with Gasteiger partial charge in [-0.25, -0.2) is 4.98 Å². The van der Waals surface area contributed by atoms with Crippen LogP contribution in [-0.2, 0) is 9.53 Å². The van der Waals surface area contributed by atoms with Crippen LogP contribution in [0.25, 0.3) is 10.6 Å². The van der Waals surface area contributed by atoms with E-state index in [1.165, 1.54) is 0 Å². The second kappa shape index (κ2) is 7.18. The van der Waals surface area contributed by atoms with Crippen molar-refractivity contribution < 1.29 is 9.53 Å². The molecule has 1 aliphatic heterocycles. The summed E-state index contributed by atoms with van der Waals surface area (Å²) in [7, 11) is 1.85. The van der Waals surface area contributed by atoms with Crippen molar-refractivity contribution in [2.75, 3.05) is 13.7 Å². The van der Waals surface area contributed by atoms with E-state index < -0.39 is 0 Å². The van der Waals surface area contributed by atoms with Crippen LogP contribution in [0.4, 0.5) is 0 Å². The summed E-state index contributed by atoms with van der Waals surface area (Å²) in [4.78, 5) is 20.3. The molecular weight excluding hydrogens is 320 g/mol. The molecule has 24 heavy (non-hydrogen) atoms. The minimum Gasteiger partial charge on any atom is -0.501 e. The number of aryl methyl sites for hydroxylation is 1. The van der Waals surface area contributed by atoms with Gasteiger partial charge in [0.1, 0.15) is 5.01 Å². The quantitative estimate of drug-likeness (QED) is 0.830. The lowest BCUT2D eigenvalue weighted by atomic mass is 10.1. The highest BCUT2D eigenvalue weighted by Crippen LogP contribution is 2.34. The minimum absolute atomic E-state index is 0.0183. The molecule has 0 unspecified atom stereocenters. The first-order chi connectivity index (χ1) is 11.6. The summed E-state index contributed by atoms with van der Waals surface area (Å²) >= 11 is 1.66. The molecular formula is C19H22N2O2S. The van der Waals surface area contributed by atoms with Crippen LogP contribution in [0.5, 0.6) is 0 Å². The van der Waals surface area contributed by atoms with Crippen molar-refractivity contribution in [1.82, 2.24) is 9.88 Å². The number of aromatic nitrogens is 1. The van der Waals surface area contributed by atoms with Crippen LogP contribution in [0.15, 0.2) is 42.2 Å². The lowest BCUT2D eigenvalue weighted by molar-refractivity contribution is -0.128. The number of benzene rings is 1. The minimum atomic E-state index is -0.0183. The molecule has 0 spiro atoms. The van der Waals surface area contributed by atoms with Gasteiger partial charge in [-0.3, -0.25) is 4.79 Å². The molecule has 2 heterocycles. The van der Waals surface area contributed by atoms with Crippen LogP contribution >= 0.6 is 11.3 Å². The summed E-state index contributed by atoms with van der Waals surface area (Å²) < 4.78 is 5.31. The van der Waals surface area contributed by atoms with Gasteiger partial charge in [0.15, 0.2) is 0 Å². The lowest BCUT2D eigenvalue weighted by Crippen LogP contribution is -2.31. The molecule has 0 saturated heterocycles. The van der Waals surface area contributed by atoms with Crippen molar-refractivity contribution in [1.29, 1.82) is 0 Å². The molecule has 1 amide bonds. The Labute approximate surface area is 146 Å². The molecule has 4 nitrogen and oxygen atoms in total. The molecule has 0 N–H and O–H groups in total. The molecule has 3 rings (SSSR count). The van der Waals surface area contributed by atoms with Gasteiger partial charge < -0.3 is 9.64 Å². The van der Waals surface area contributed by atoms with E-state index >= 15 is 0 Å². The number of nitrogens with zero attached hydrogens (tertiary/aromatic N) is 2. The highest BCUT2D eigenvalue weighted by molar-refractivity contribution is 7.15. The van der Waals surface area contributed by atoms with E-state index in [-0.39, 0.29) is 11.9 Å². The Morgan fingerprint density at radius 2 is 2.08 bits per heavy atom. The summed E-state index contributed by atoms with van der Waals surface area (Å²) in [6.07, 6.45) is 3.30. The molecule has 0 radical (unpaired) electrons. The Balaban J connectivity index is 1.82. The van der Waals surface area contributed by atoms with Crippen molar-refractivity contribution in [2.45, 2.75) is 32.7 Å². The standard InChI is InChI=1S/C19H22N2O2S/c1-13-17(24-18(20-13)15-8-5-4-6-9-15)14(2)21(3)19(22)16-10-7-11-23-12-16/h4-6,8-9,12,14H,7,10-11H2,1-3H3/t14-/m0/s1.